The summed E-state index contributed by atoms with van der Waals surface area (Å²) in [5, 5.41) is 3.81. The van der Waals surface area contributed by atoms with Crippen LogP contribution in [0, 0.1) is 0 Å². The van der Waals surface area contributed by atoms with E-state index >= 15 is 0 Å². The molecule has 94 valence electrons. The third kappa shape index (κ3) is 2.76. The zero-order chi connectivity index (χ0) is 11.4. The first kappa shape index (κ1) is 12.3. The van der Waals surface area contributed by atoms with Crippen molar-refractivity contribution in [3.63, 3.8) is 0 Å². The molecule has 1 aliphatic heterocycles. The second-order valence-corrected chi connectivity index (χ2v) is 5.52. The van der Waals surface area contributed by atoms with Gasteiger partial charge < -0.3 is 10.1 Å². The van der Waals surface area contributed by atoms with Crippen LogP contribution in [0.2, 0.25) is 0 Å². The van der Waals surface area contributed by atoms with Crippen molar-refractivity contribution in [3.05, 3.63) is 0 Å². The summed E-state index contributed by atoms with van der Waals surface area (Å²) < 4.78 is 5.22. The second kappa shape index (κ2) is 5.48. The van der Waals surface area contributed by atoms with Gasteiger partial charge in [-0.05, 0) is 32.7 Å². The van der Waals surface area contributed by atoms with Gasteiger partial charge in [-0.25, -0.2) is 0 Å². The first-order valence-electron chi connectivity index (χ1n) is 6.74. The molecule has 1 N–H and O–H groups in total. The van der Waals surface area contributed by atoms with Gasteiger partial charge in [-0.2, -0.15) is 0 Å². The largest absolute Gasteiger partial charge is 0.383 e. The zero-order valence-electron chi connectivity index (χ0n) is 10.8. The highest BCUT2D eigenvalue weighted by molar-refractivity contribution is 4.98. The van der Waals surface area contributed by atoms with Crippen LogP contribution in [0.15, 0.2) is 0 Å². The van der Waals surface area contributed by atoms with Crippen LogP contribution >= 0.6 is 0 Å². The number of methoxy groups -OCH3 is 1. The van der Waals surface area contributed by atoms with Gasteiger partial charge >= 0.3 is 0 Å². The van der Waals surface area contributed by atoms with E-state index in [4.69, 9.17) is 4.74 Å². The van der Waals surface area contributed by atoms with Crippen molar-refractivity contribution in [3.8, 4) is 0 Å². The van der Waals surface area contributed by atoms with E-state index in [2.05, 4.69) is 17.1 Å². The maximum absolute atomic E-state index is 5.22. The Morgan fingerprint density at radius 3 is 2.81 bits per heavy atom. The number of ether oxygens (including phenoxy) is 1. The first-order valence-corrected chi connectivity index (χ1v) is 6.74. The van der Waals surface area contributed by atoms with E-state index in [0.717, 1.165) is 13.2 Å². The van der Waals surface area contributed by atoms with E-state index in [0.29, 0.717) is 11.6 Å². The van der Waals surface area contributed by atoms with Crippen LogP contribution in [0.4, 0.5) is 0 Å². The van der Waals surface area contributed by atoms with Gasteiger partial charge in [0.1, 0.15) is 0 Å². The summed E-state index contributed by atoms with van der Waals surface area (Å²) in [7, 11) is 1.80. The third-order valence-corrected chi connectivity index (χ3v) is 4.33. The van der Waals surface area contributed by atoms with Crippen LogP contribution in [0.25, 0.3) is 0 Å². The molecule has 3 heteroatoms. The van der Waals surface area contributed by atoms with E-state index in [-0.39, 0.29) is 0 Å². The minimum absolute atomic E-state index is 0.429. The molecule has 0 bridgehead atoms. The number of hydrogen-bond donors (Lipinski definition) is 1. The van der Waals surface area contributed by atoms with E-state index in [1.807, 2.05) is 0 Å². The summed E-state index contributed by atoms with van der Waals surface area (Å²) in [5.41, 5.74) is 0.429. The van der Waals surface area contributed by atoms with E-state index in [1.165, 1.54) is 45.2 Å². The molecule has 0 aromatic carbocycles. The Labute approximate surface area is 99.5 Å². The van der Waals surface area contributed by atoms with Gasteiger partial charge in [0, 0.05) is 31.8 Å². The molecule has 0 radical (unpaired) electrons. The molecule has 16 heavy (non-hydrogen) atoms. The fourth-order valence-corrected chi connectivity index (χ4v) is 3.22. The summed E-state index contributed by atoms with van der Waals surface area (Å²) in [4.78, 5) is 2.62. The Bertz CT molecular complexity index is 214. The third-order valence-electron chi connectivity index (χ3n) is 4.33. The van der Waals surface area contributed by atoms with Crippen molar-refractivity contribution < 1.29 is 4.74 Å². The summed E-state index contributed by atoms with van der Waals surface area (Å²) in [5.74, 6) is 0. The first-order chi connectivity index (χ1) is 7.76. The molecule has 1 saturated heterocycles. The van der Waals surface area contributed by atoms with Gasteiger partial charge in [-0.1, -0.05) is 12.8 Å². The van der Waals surface area contributed by atoms with Gasteiger partial charge in [0.05, 0.1) is 6.61 Å². The maximum atomic E-state index is 5.22. The van der Waals surface area contributed by atoms with Crippen molar-refractivity contribution in [1.82, 2.24) is 10.2 Å². The lowest BCUT2D eigenvalue weighted by Crippen LogP contribution is -2.50. The molecule has 2 aliphatic rings. The molecular weight excluding hydrogens is 200 g/mol. The van der Waals surface area contributed by atoms with Gasteiger partial charge in [0.15, 0.2) is 0 Å². The van der Waals surface area contributed by atoms with Crippen LogP contribution in [0.3, 0.4) is 0 Å². The Morgan fingerprint density at radius 1 is 1.38 bits per heavy atom. The quantitative estimate of drug-likeness (QED) is 0.791. The average Bonchev–Trinajstić information content (AvgIpc) is 2.66. The van der Waals surface area contributed by atoms with Crippen molar-refractivity contribution in [2.24, 2.45) is 0 Å². The highest BCUT2D eigenvalue weighted by Gasteiger charge is 2.37. The van der Waals surface area contributed by atoms with Crippen molar-refractivity contribution in [1.29, 1.82) is 0 Å². The molecule has 2 rings (SSSR count). The minimum Gasteiger partial charge on any atom is -0.383 e. The SMILES string of the molecule is COCCN1CC2(CCCC2)NCCC1C. The lowest BCUT2D eigenvalue weighted by Gasteiger charge is -2.35. The molecule has 1 unspecified atom stereocenters. The smallest absolute Gasteiger partial charge is 0.0589 e. The lowest BCUT2D eigenvalue weighted by molar-refractivity contribution is 0.109. The van der Waals surface area contributed by atoms with Crippen molar-refractivity contribution in [2.45, 2.75) is 50.6 Å². The van der Waals surface area contributed by atoms with Crippen LogP contribution in [-0.4, -0.2) is 49.8 Å². The molecule has 1 atom stereocenters. The number of rotatable bonds is 3. The summed E-state index contributed by atoms with van der Waals surface area (Å²) in [6.45, 7) is 6.70. The average molecular weight is 226 g/mol. The van der Waals surface area contributed by atoms with Gasteiger partial charge in [0.25, 0.3) is 0 Å². The highest BCUT2D eigenvalue weighted by atomic mass is 16.5. The van der Waals surface area contributed by atoms with Crippen LogP contribution in [-0.2, 0) is 4.74 Å². The minimum atomic E-state index is 0.429. The van der Waals surface area contributed by atoms with E-state index in [1.54, 1.807) is 7.11 Å². The molecule has 1 aliphatic carbocycles. The fraction of sp³-hybridized carbons (Fsp3) is 1.00. The van der Waals surface area contributed by atoms with Crippen LogP contribution in [0.1, 0.15) is 39.0 Å². The Morgan fingerprint density at radius 2 is 2.12 bits per heavy atom. The molecule has 1 heterocycles. The van der Waals surface area contributed by atoms with E-state index < -0.39 is 0 Å². The molecule has 1 saturated carbocycles. The molecule has 2 fully saturated rings. The van der Waals surface area contributed by atoms with Gasteiger partial charge in [-0.15, -0.1) is 0 Å². The number of nitrogens with one attached hydrogen (secondary N) is 1. The molecule has 0 amide bonds. The molecule has 1 spiro atoms. The maximum Gasteiger partial charge on any atom is 0.0589 e. The van der Waals surface area contributed by atoms with Crippen molar-refractivity contribution >= 4 is 0 Å². The normalized spacial score (nSPS) is 30.8. The number of nitrogens with zero attached hydrogens (tertiary/aromatic N) is 1. The molecular formula is C13H26N2O. The summed E-state index contributed by atoms with van der Waals surface area (Å²) in [6, 6.07) is 0.697. The highest BCUT2D eigenvalue weighted by Crippen LogP contribution is 2.32. The van der Waals surface area contributed by atoms with Gasteiger partial charge in [0.2, 0.25) is 0 Å². The van der Waals surface area contributed by atoms with Crippen molar-refractivity contribution in [2.75, 3.05) is 33.4 Å². The molecule has 0 aromatic heterocycles. The predicted molar refractivity (Wildman–Crippen MR) is 66.7 cm³/mol. The Hall–Kier alpha value is -0.120. The Kier molecular flexibility index (Phi) is 4.22. The summed E-state index contributed by atoms with van der Waals surface area (Å²) >= 11 is 0. The Balaban J connectivity index is 1.97. The topological polar surface area (TPSA) is 24.5 Å². The fourth-order valence-electron chi connectivity index (χ4n) is 3.22. The second-order valence-electron chi connectivity index (χ2n) is 5.52. The molecule has 3 nitrogen and oxygen atoms in total. The van der Waals surface area contributed by atoms with E-state index in [9.17, 15) is 0 Å². The standard InChI is InChI=1S/C13H26N2O/c1-12-5-8-14-13(6-3-4-7-13)11-15(12)9-10-16-2/h12,14H,3-11H2,1-2H3. The lowest BCUT2D eigenvalue weighted by atomic mass is 9.97. The molecule has 0 aromatic rings. The number of hydrogen-bond acceptors (Lipinski definition) is 3. The monoisotopic (exact) mass is 226 g/mol. The summed E-state index contributed by atoms with van der Waals surface area (Å²) in [6.07, 6.45) is 6.80. The van der Waals surface area contributed by atoms with Crippen LogP contribution in [0.5, 0.6) is 0 Å². The zero-order valence-corrected chi connectivity index (χ0v) is 10.8. The van der Waals surface area contributed by atoms with Gasteiger partial charge in [-0.3, -0.25) is 4.90 Å². The van der Waals surface area contributed by atoms with Crippen LogP contribution < -0.4 is 5.32 Å². The predicted octanol–water partition coefficient (Wildman–Crippen LogP) is 1.63.